The van der Waals surface area contributed by atoms with Crippen molar-refractivity contribution in [1.82, 2.24) is 19.7 Å². The molecule has 16 heavy (non-hydrogen) atoms. The molecule has 0 radical (unpaired) electrons. The number of ether oxygens (including phenoxy) is 1. The number of hydrogen-bond donors (Lipinski definition) is 0. The lowest BCUT2D eigenvalue weighted by Crippen LogP contribution is -2.06. The van der Waals surface area contributed by atoms with Crippen LogP contribution in [0.1, 0.15) is 5.56 Å². The zero-order chi connectivity index (χ0) is 11.4. The van der Waals surface area contributed by atoms with E-state index in [0.717, 1.165) is 23.6 Å². The molecule has 0 bridgehead atoms. The van der Waals surface area contributed by atoms with E-state index in [1.54, 1.807) is 19.6 Å². The summed E-state index contributed by atoms with van der Waals surface area (Å²) >= 11 is 0. The van der Waals surface area contributed by atoms with Crippen LogP contribution in [0.5, 0.6) is 0 Å². The van der Waals surface area contributed by atoms with E-state index >= 15 is 0 Å². The lowest BCUT2D eigenvalue weighted by Gasteiger charge is -2.06. The zero-order valence-electron chi connectivity index (χ0n) is 9.42. The molecule has 0 aliphatic rings. The predicted molar refractivity (Wildman–Crippen MR) is 59.9 cm³/mol. The fraction of sp³-hybridized carbons (Fsp3) is 0.364. The van der Waals surface area contributed by atoms with E-state index < -0.39 is 0 Å². The highest BCUT2D eigenvalue weighted by molar-refractivity contribution is 5.53. The van der Waals surface area contributed by atoms with Gasteiger partial charge in [0.25, 0.3) is 0 Å². The molecule has 2 heterocycles. The maximum Gasteiger partial charge on any atom is 0.182 e. The lowest BCUT2D eigenvalue weighted by molar-refractivity contribution is 0.187. The first-order valence-electron chi connectivity index (χ1n) is 5.11. The molecule has 2 aromatic rings. The SMILES string of the molecule is COCCn1cnnc1-c1ncccc1C. The first-order chi connectivity index (χ1) is 7.83. The highest BCUT2D eigenvalue weighted by Crippen LogP contribution is 2.17. The van der Waals surface area contributed by atoms with Crippen molar-refractivity contribution in [3.05, 3.63) is 30.2 Å². The zero-order valence-corrected chi connectivity index (χ0v) is 9.42. The summed E-state index contributed by atoms with van der Waals surface area (Å²) in [5, 5.41) is 8.01. The molecule has 0 atom stereocenters. The Balaban J connectivity index is 2.33. The van der Waals surface area contributed by atoms with Crippen molar-refractivity contribution in [2.24, 2.45) is 0 Å². The predicted octanol–water partition coefficient (Wildman–Crippen LogP) is 1.29. The topological polar surface area (TPSA) is 52.8 Å². The summed E-state index contributed by atoms with van der Waals surface area (Å²) in [6.45, 7) is 3.38. The van der Waals surface area contributed by atoms with Crippen LogP contribution < -0.4 is 0 Å². The van der Waals surface area contributed by atoms with E-state index in [9.17, 15) is 0 Å². The molecule has 5 heteroatoms. The molecular formula is C11H14N4O. The van der Waals surface area contributed by atoms with Crippen molar-refractivity contribution in [3.8, 4) is 11.5 Å². The third kappa shape index (κ3) is 2.09. The van der Waals surface area contributed by atoms with Crippen molar-refractivity contribution >= 4 is 0 Å². The first-order valence-corrected chi connectivity index (χ1v) is 5.11. The van der Waals surface area contributed by atoms with Gasteiger partial charge in [-0.3, -0.25) is 4.98 Å². The molecule has 2 rings (SSSR count). The molecule has 0 saturated carbocycles. The molecule has 0 N–H and O–H groups in total. The Kier molecular flexibility index (Phi) is 3.26. The molecule has 5 nitrogen and oxygen atoms in total. The molecule has 2 aromatic heterocycles. The van der Waals surface area contributed by atoms with Gasteiger partial charge in [-0.1, -0.05) is 6.07 Å². The number of rotatable bonds is 4. The fourth-order valence-electron chi connectivity index (χ4n) is 1.51. The smallest absolute Gasteiger partial charge is 0.182 e. The summed E-state index contributed by atoms with van der Waals surface area (Å²) in [5.41, 5.74) is 1.96. The summed E-state index contributed by atoms with van der Waals surface area (Å²) < 4.78 is 6.98. The largest absolute Gasteiger partial charge is 0.383 e. The number of aryl methyl sites for hydroxylation is 1. The molecule has 0 fully saturated rings. The highest BCUT2D eigenvalue weighted by Gasteiger charge is 2.10. The van der Waals surface area contributed by atoms with E-state index in [1.807, 2.05) is 23.6 Å². The van der Waals surface area contributed by atoms with E-state index in [2.05, 4.69) is 15.2 Å². The van der Waals surface area contributed by atoms with Crippen molar-refractivity contribution in [2.75, 3.05) is 13.7 Å². The van der Waals surface area contributed by atoms with Crippen LogP contribution in [0.2, 0.25) is 0 Å². The Morgan fingerprint density at radius 3 is 3.06 bits per heavy atom. The van der Waals surface area contributed by atoms with E-state index in [1.165, 1.54) is 0 Å². The van der Waals surface area contributed by atoms with Gasteiger partial charge >= 0.3 is 0 Å². The van der Waals surface area contributed by atoms with Gasteiger partial charge in [-0.25, -0.2) is 0 Å². The molecular weight excluding hydrogens is 204 g/mol. The summed E-state index contributed by atoms with van der Waals surface area (Å²) in [4.78, 5) is 4.33. The van der Waals surface area contributed by atoms with Crippen LogP contribution in [0.3, 0.4) is 0 Å². The number of pyridine rings is 1. The third-order valence-electron chi connectivity index (χ3n) is 2.37. The van der Waals surface area contributed by atoms with Crippen LogP contribution in [-0.2, 0) is 11.3 Å². The number of nitrogens with zero attached hydrogens (tertiary/aromatic N) is 4. The second-order valence-electron chi connectivity index (χ2n) is 3.51. The van der Waals surface area contributed by atoms with Gasteiger partial charge in [-0.05, 0) is 18.6 Å². The molecule has 0 amide bonds. The normalized spacial score (nSPS) is 10.6. The number of methoxy groups -OCH3 is 1. The minimum absolute atomic E-state index is 0.636. The fourth-order valence-corrected chi connectivity index (χ4v) is 1.51. The minimum atomic E-state index is 0.636. The van der Waals surface area contributed by atoms with Crippen LogP contribution in [0.25, 0.3) is 11.5 Å². The van der Waals surface area contributed by atoms with Crippen LogP contribution in [-0.4, -0.2) is 33.5 Å². The molecule has 0 spiro atoms. The molecule has 84 valence electrons. The molecule has 0 aromatic carbocycles. The van der Waals surface area contributed by atoms with Gasteiger partial charge in [-0.2, -0.15) is 0 Å². The van der Waals surface area contributed by atoms with Crippen molar-refractivity contribution in [3.63, 3.8) is 0 Å². The lowest BCUT2D eigenvalue weighted by atomic mass is 10.2. The number of hydrogen-bond acceptors (Lipinski definition) is 4. The Labute approximate surface area is 94.1 Å². The molecule has 0 aliphatic heterocycles. The van der Waals surface area contributed by atoms with Gasteiger partial charge < -0.3 is 9.30 Å². The van der Waals surface area contributed by atoms with Crippen LogP contribution in [0, 0.1) is 6.92 Å². The van der Waals surface area contributed by atoms with E-state index in [-0.39, 0.29) is 0 Å². The Morgan fingerprint density at radius 2 is 2.31 bits per heavy atom. The van der Waals surface area contributed by atoms with Crippen LogP contribution >= 0.6 is 0 Å². The monoisotopic (exact) mass is 218 g/mol. The first kappa shape index (κ1) is 10.8. The van der Waals surface area contributed by atoms with Crippen LogP contribution in [0.4, 0.5) is 0 Å². The third-order valence-corrected chi connectivity index (χ3v) is 2.37. The highest BCUT2D eigenvalue weighted by atomic mass is 16.5. The minimum Gasteiger partial charge on any atom is -0.383 e. The second-order valence-corrected chi connectivity index (χ2v) is 3.51. The van der Waals surface area contributed by atoms with Gasteiger partial charge in [0.05, 0.1) is 6.61 Å². The summed E-state index contributed by atoms with van der Waals surface area (Å²) in [5.74, 6) is 0.787. The van der Waals surface area contributed by atoms with Gasteiger partial charge in [-0.15, -0.1) is 10.2 Å². The van der Waals surface area contributed by atoms with Crippen molar-refractivity contribution in [2.45, 2.75) is 13.5 Å². The quantitative estimate of drug-likeness (QED) is 0.776. The number of aromatic nitrogens is 4. The van der Waals surface area contributed by atoms with Gasteiger partial charge in [0.15, 0.2) is 5.82 Å². The van der Waals surface area contributed by atoms with Gasteiger partial charge in [0.2, 0.25) is 0 Å². The maximum atomic E-state index is 5.04. The summed E-state index contributed by atoms with van der Waals surface area (Å²) in [7, 11) is 1.68. The molecule has 0 unspecified atom stereocenters. The van der Waals surface area contributed by atoms with Gasteiger partial charge in [0.1, 0.15) is 12.0 Å². The van der Waals surface area contributed by atoms with Crippen molar-refractivity contribution in [1.29, 1.82) is 0 Å². The standard InChI is InChI=1S/C11H14N4O/c1-9-4-3-5-12-10(9)11-14-13-8-15(11)6-7-16-2/h3-5,8H,6-7H2,1-2H3. The molecule has 0 saturated heterocycles. The molecule has 0 aliphatic carbocycles. The average Bonchev–Trinajstić information content (AvgIpc) is 2.75. The summed E-state index contributed by atoms with van der Waals surface area (Å²) in [6, 6.07) is 3.92. The van der Waals surface area contributed by atoms with Crippen LogP contribution in [0.15, 0.2) is 24.7 Å². The van der Waals surface area contributed by atoms with E-state index in [4.69, 9.17) is 4.74 Å². The Hall–Kier alpha value is -1.75. The Bertz CT molecular complexity index is 467. The summed E-state index contributed by atoms with van der Waals surface area (Å²) in [6.07, 6.45) is 3.46. The van der Waals surface area contributed by atoms with E-state index in [0.29, 0.717) is 6.61 Å². The Morgan fingerprint density at radius 1 is 1.44 bits per heavy atom. The van der Waals surface area contributed by atoms with Gasteiger partial charge in [0, 0.05) is 19.9 Å². The maximum absolute atomic E-state index is 5.04. The second kappa shape index (κ2) is 4.85. The average molecular weight is 218 g/mol. The van der Waals surface area contributed by atoms with Crippen molar-refractivity contribution < 1.29 is 4.74 Å².